The Morgan fingerprint density at radius 2 is 1.75 bits per heavy atom. The molecule has 7 nitrogen and oxygen atoms in total. The molecule has 0 atom stereocenters. The van der Waals surface area contributed by atoms with Gasteiger partial charge in [-0.05, 0) is 36.8 Å². The number of urea groups is 1. The number of nitrogens with zero attached hydrogens (tertiary/aromatic N) is 3. The highest BCUT2D eigenvalue weighted by Gasteiger charge is 2.29. The molecule has 0 unspecified atom stereocenters. The Balaban J connectivity index is 1.51. The molecule has 0 bridgehead atoms. The van der Waals surface area contributed by atoms with Crippen LogP contribution < -0.4 is 15.1 Å². The Morgan fingerprint density at radius 1 is 0.964 bits per heavy atom. The zero-order chi connectivity index (χ0) is 19.7. The number of aryl methyl sites for hydroxylation is 1. The normalized spacial score (nSPS) is 17.1. The number of amides is 4. The summed E-state index contributed by atoms with van der Waals surface area (Å²) in [4.78, 5) is 42.5. The summed E-state index contributed by atoms with van der Waals surface area (Å²) in [6.45, 7) is 4.05. The second-order valence-corrected chi connectivity index (χ2v) is 6.99. The molecule has 28 heavy (non-hydrogen) atoms. The molecule has 0 aromatic heterocycles. The van der Waals surface area contributed by atoms with Crippen LogP contribution in [0.3, 0.4) is 0 Å². The van der Waals surface area contributed by atoms with Crippen molar-refractivity contribution < 1.29 is 14.4 Å². The van der Waals surface area contributed by atoms with Gasteiger partial charge in [0.25, 0.3) is 5.91 Å². The lowest BCUT2D eigenvalue weighted by Gasteiger charge is -2.34. The first-order chi connectivity index (χ1) is 13.5. The van der Waals surface area contributed by atoms with Gasteiger partial charge in [-0.25, -0.2) is 4.79 Å². The molecule has 2 aliphatic heterocycles. The summed E-state index contributed by atoms with van der Waals surface area (Å²) in [7, 11) is 0. The van der Waals surface area contributed by atoms with Crippen molar-refractivity contribution >= 4 is 29.2 Å². The molecule has 2 fully saturated rings. The fourth-order valence-corrected chi connectivity index (χ4v) is 3.64. The number of piperazine rings is 1. The quantitative estimate of drug-likeness (QED) is 0.888. The van der Waals surface area contributed by atoms with E-state index in [1.165, 1.54) is 0 Å². The van der Waals surface area contributed by atoms with Crippen molar-refractivity contribution in [2.75, 3.05) is 42.5 Å². The van der Waals surface area contributed by atoms with Gasteiger partial charge in [-0.3, -0.25) is 14.5 Å². The zero-order valence-electron chi connectivity index (χ0n) is 15.7. The molecular weight excluding hydrogens is 356 g/mol. The number of carbonyl (C=O) groups excluding carboxylic acids is 3. The highest BCUT2D eigenvalue weighted by molar-refractivity contribution is 6.03. The number of hydrogen-bond donors (Lipinski definition) is 1. The van der Waals surface area contributed by atoms with Crippen molar-refractivity contribution in [2.45, 2.75) is 6.92 Å². The SMILES string of the molecule is Cc1ccc(C(=O)N2CCN(c3ccccc3)C(=O)C2)cc1N1CCNC1=O. The number of hydrogen-bond acceptors (Lipinski definition) is 3. The minimum Gasteiger partial charge on any atom is -0.336 e. The molecule has 2 aromatic carbocycles. The van der Waals surface area contributed by atoms with Gasteiger partial charge in [0.05, 0.1) is 0 Å². The molecule has 0 spiro atoms. The van der Waals surface area contributed by atoms with Crippen molar-refractivity contribution in [3.05, 3.63) is 59.7 Å². The highest BCUT2D eigenvalue weighted by Crippen LogP contribution is 2.25. The van der Waals surface area contributed by atoms with E-state index in [1.807, 2.05) is 43.3 Å². The minimum absolute atomic E-state index is 0.0428. The molecular formula is C21H22N4O3. The number of carbonyl (C=O) groups is 3. The fraction of sp³-hybridized carbons (Fsp3) is 0.286. The van der Waals surface area contributed by atoms with Crippen LogP contribution in [-0.2, 0) is 4.79 Å². The summed E-state index contributed by atoms with van der Waals surface area (Å²) in [5.74, 6) is -0.293. The molecule has 1 N–H and O–H groups in total. The van der Waals surface area contributed by atoms with Crippen LogP contribution in [0.25, 0.3) is 0 Å². The Bertz CT molecular complexity index is 929. The molecule has 144 valence electrons. The van der Waals surface area contributed by atoms with Crippen molar-refractivity contribution in [2.24, 2.45) is 0 Å². The Hall–Kier alpha value is -3.35. The zero-order valence-corrected chi connectivity index (χ0v) is 15.7. The molecule has 7 heteroatoms. The van der Waals surface area contributed by atoms with Crippen molar-refractivity contribution in [1.82, 2.24) is 10.2 Å². The lowest BCUT2D eigenvalue weighted by Crippen LogP contribution is -2.52. The van der Waals surface area contributed by atoms with E-state index in [0.29, 0.717) is 31.7 Å². The van der Waals surface area contributed by atoms with Gasteiger partial charge in [-0.2, -0.15) is 0 Å². The van der Waals surface area contributed by atoms with Crippen LogP contribution in [0.1, 0.15) is 15.9 Å². The smallest absolute Gasteiger partial charge is 0.322 e. The average molecular weight is 378 g/mol. The maximum atomic E-state index is 13.0. The van der Waals surface area contributed by atoms with Gasteiger partial charge in [0.15, 0.2) is 0 Å². The first-order valence-electron chi connectivity index (χ1n) is 9.35. The third-order valence-electron chi connectivity index (χ3n) is 5.18. The van der Waals surface area contributed by atoms with Gasteiger partial charge in [0.2, 0.25) is 5.91 Å². The van der Waals surface area contributed by atoms with E-state index in [-0.39, 0.29) is 24.4 Å². The van der Waals surface area contributed by atoms with Gasteiger partial charge < -0.3 is 15.1 Å². The number of para-hydroxylation sites is 1. The van der Waals surface area contributed by atoms with Crippen molar-refractivity contribution in [3.63, 3.8) is 0 Å². The standard InChI is InChI=1S/C21H22N4O3/c1-15-7-8-16(13-18(15)25-10-9-22-21(25)28)20(27)23-11-12-24(19(26)14-23)17-5-3-2-4-6-17/h2-8,13H,9-12,14H2,1H3,(H,22,28). The summed E-state index contributed by atoms with van der Waals surface area (Å²) in [5.41, 5.74) is 2.99. The number of nitrogens with one attached hydrogen (secondary N) is 1. The highest BCUT2D eigenvalue weighted by atomic mass is 16.2. The molecule has 4 amide bonds. The third kappa shape index (κ3) is 3.31. The molecule has 0 radical (unpaired) electrons. The largest absolute Gasteiger partial charge is 0.336 e. The molecule has 4 rings (SSSR count). The summed E-state index contributed by atoms with van der Waals surface area (Å²) < 4.78 is 0. The van der Waals surface area contributed by atoms with Crippen LogP contribution in [-0.4, -0.2) is 55.5 Å². The summed E-state index contributed by atoms with van der Waals surface area (Å²) in [6, 6.07) is 14.7. The van der Waals surface area contributed by atoms with Crippen LogP contribution in [0, 0.1) is 6.92 Å². The fourth-order valence-electron chi connectivity index (χ4n) is 3.64. The summed E-state index contributed by atoms with van der Waals surface area (Å²) >= 11 is 0. The topological polar surface area (TPSA) is 73.0 Å². The van der Waals surface area contributed by atoms with Gasteiger partial charge in [-0.1, -0.05) is 24.3 Å². The van der Waals surface area contributed by atoms with Crippen LogP contribution in [0.15, 0.2) is 48.5 Å². The third-order valence-corrected chi connectivity index (χ3v) is 5.18. The molecule has 2 aliphatic rings. The predicted octanol–water partition coefficient (Wildman–Crippen LogP) is 2.01. The Kier molecular flexibility index (Phi) is 4.73. The van der Waals surface area contributed by atoms with Gasteiger partial charge in [-0.15, -0.1) is 0 Å². The van der Waals surface area contributed by atoms with E-state index in [1.54, 1.807) is 26.8 Å². The number of benzene rings is 2. The molecule has 2 aromatic rings. The van der Waals surface area contributed by atoms with E-state index >= 15 is 0 Å². The molecule has 0 aliphatic carbocycles. The van der Waals surface area contributed by atoms with Crippen LogP contribution in [0.4, 0.5) is 16.2 Å². The average Bonchev–Trinajstić information content (AvgIpc) is 3.14. The number of rotatable bonds is 3. The first kappa shape index (κ1) is 18.0. The second-order valence-electron chi connectivity index (χ2n) is 6.99. The van der Waals surface area contributed by atoms with E-state index in [0.717, 1.165) is 16.9 Å². The maximum Gasteiger partial charge on any atom is 0.322 e. The van der Waals surface area contributed by atoms with Crippen LogP contribution in [0.2, 0.25) is 0 Å². The Morgan fingerprint density at radius 3 is 2.43 bits per heavy atom. The van der Waals surface area contributed by atoms with Gasteiger partial charge >= 0.3 is 6.03 Å². The van der Waals surface area contributed by atoms with E-state index in [2.05, 4.69) is 5.32 Å². The monoisotopic (exact) mass is 378 g/mol. The van der Waals surface area contributed by atoms with E-state index in [9.17, 15) is 14.4 Å². The molecule has 2 saturated heterocycles. The molecule has 0 saturated carbocycles. The van der Waals surface area contributed by atoms with Gasteiger partial charge in [0.1, 0.15) is 6.54 Å². The maximum absolute atomic E-state index is 13.0. The summed E-state index contributed by atoms with van der Waals surface area (Å²) in [6.07, 6.45) is 0. The van der Waals surface area contributed by atoms with E-state index < -0.39 is 0 Å². The number of anilines is 2. The van der Waals surface area contributed by atoms with Crippen molar-refractivity contribution in [1.29, 1.82) is 0 Å². The van der Waals surface area contributed by atoms with Crippen LogP contribution >= 0.6 is 0 Å². The van der Waals surface area contributed by atoms with E-state index in [4.69, 9.17) is 0 Å². The second kappa shape index (κ2) is 7.34. The first-order valence-corrected chi connectivity index (χ1v) is 9.35. The van der Waals surface area contributed by atoms with Crippen LogP contribution in [0.5, 0.6) is 0 Å². The lowest BCUT2D eigenvalue weighted by molar-refractivity contribution is -0.120. The lowest BCUT2D eigenvalue weighted by atomic mass is 10.1. The predicted molar refractivity (Wildman–Crippen MR) is 107 cm³/mol. The Labute approximate surface area is 163 Å². The van der Waals surface area contributed by atoms with Gasteiger partial charge in [0, 0.05) is 43.1 Å². The minimum atomic E-state index is -0.193. The van der Waals surface area contributed by atoms with Crippen molar-refractivity contribution in [3.8, 4) is 0 Å². The molecule has 2 heterocycles. The summed E-state index contributed by atoms with van der Waals surface area (Å²) in [5, 5.41) is 2.78.